The van der Waals surface area contributed by atoms with Crippen molar-refractivity contribution < 1.29 is 14.3 Å². The quantitative estimate of drug-likeness (QED) is 0.931. The van der Waals surface area contributed by atoms with Crippen LogP contribution in [-0.4, -0.2) is 47.3 Å². The maximum absolute atomic E-state index is 12.3. The average Bonchev–Trinajstić information content (AvgIpc) is 2.92. The van der Waals surface area contributed by atoms with E-state index in [9.17, 15) is 4.79 Å². The Bertz CT molecular complexity index is 653. The summed E-state index contributed by atoms with van der Waals surface area (Å²) in [6.07, 6.45) is 1.36. The predicted molar refractivity (Wildman–Crippen MR) is 76.6 cm³/mol. The molecule has 0 fully saturated rings. The lowest BCUT2D eigenvalue weighted by Gasteiger charge is -2.29. The molecule has 2 heterocycles. The summed E-state index contributed by atoms with van der Waals surface area (Å²) in [5, 5.41) is 6.64. The number of hydrogen-bond acceptors (Lipinski definition) is 4. The van der Waals surface area contributed by atoms with Crippen molar-refractivity contribution in [2.75, 3.05) is 20.2 Å². The summed E-state index contributed by atoms with van der Waals surface area (Å²) in [5.74, 6) is 1.38. The number of carbonyl (C=O) groups is 1. The molecule has 0 bridgehead atoms. The summed E-state index contributed by atoms with van der Waals surface area (Å²) in [6, 6.07) is 7.53. The first kappa shape index (κ1) is 13.5. The van der Waals surface area contributed by atoms with Gasteiger partial charge in [-0.25, -0.2) is 0 Å². The van der Waals surface area contributed by atoms with Crippen molar-refractivity contribution in [3.63, 3.8) is 0 Å². The number of aromatic nitrogens is 2. The molecule has 1 aromatic heterocycles. The van der Waals surface area contributed by atoms with E-state index in [2.05, 4.69) is 10.2 Å². The van der Waals surface area contributed by atoms with Crippen LogP contribution in [0.15, 0.2) is 30.5 Å². The van der Waals surface area contributed by atoms with Gasteiger partial charge in [0.15, 0.2) is 17.6 Å². The summed E-state index contributed by atoms with van der Waals surface area (Å²) in [6.45, 7) is 2.71. The molecule has 1 amide bonds. The molecule has 0 radical (unpaired) electrons. The number of benzene rings is 1. The molecule has 1 unspecified atom stereocenters. The Morgan fingerprint density at radius 3 is 2.90 bits per heavy atom. The third-order valence-electron chi connectivity index (χ3n) is 3.45. The Hall–Kier alpha value is -2.50. The zero-order valence-corrected chi connectivity index (χ0v) is 12.0. The number of H-pyrrole nitrogens is 1. The standard InChI is InChI=1S/C15H17N3O3/c1-10-12(7-16-17-10)15(19)18(2)8-11-9-20-13-5-3-4-6-14(13)21-11/h3-7,11H,8-9H2,1-2H3,(H,16,17). The lowest BCUT2D eigenvalue weighted by molar-refractivity contribution is 0.0520. The normalized spacial score (nSPS) is 16.6. The number of amides is 1. The maximum atomic E-state index is 12.3. The Balaban J connectivity index is 1.65. The monoisotopic (exact) mass is 287 g/mol. The Morgan fingerprint density at radius 1 is 1.43 bits per heavy atom. The van der Waals surface area contributed by atoms with E-state index in [1.807, 2.05) is 31.2 Å². The molecule has 0 saturated heterocycles. The predicted octanol–water partition coefficient (Wildman–Crippen LogP) is 1.63. The van der Waals surface area contributed by atoms with Crippen LogP contribution in [0.5, 0.6) is 11.5 Å². The number of nitrogens with zero attached hydrogens (tertiary/aromatic N) is 2. The van der Waals surface area contributed by atoms with Gasteiger partial charge in [-0.15, -0.1) is 0 Å². The van der Waals surface area contributed by atoms with Crippen LogP contribution in [0, 0.1) is 6.92 Å². The van der Waals surface area contributed by atoms with E-state index in [-0.39, 0.29) is 12.0 Å². The number of aromatic amines is 1. The van der Waals surface area contributed by atoms with Gasteiger partial charge in [-0.1, -0.05) is 12.1 Å². The topological polar surface area (TPSA) is 67.5 Å². The molecule has 3 rings (SSSR count). The molecule has 1 aromatic carbocycles. The number of para-hydroxylation sites is 2. The summed E-state index contributed by atoms with van der Waals surface area (Å²) >= 11 is 0. The molecule has 1 N–H and O–H groups in total. The van der Waals surface area contributed by atoms with E-state index in [0.29, 0.717) is 24.5 Å². The van der Waals surface area contributed by atoms with Gasteiger partial charge in [0.2, 0.25) is 0 Å². The molecule has 1 aliphatic heterocycles. The summed E-state index contributed by atoms with van der Waals surface area (Å²) in [4.78, 5) is 13.9. The average molecular weight is 287 g/mol. The highest BCUT2D eigenvalue weighted by Crippen LogP contribution is 2.31. The van der Waals surface area contributed by atoms with Gasteiger partial charge in [-0.2, -0.15) is 5.10 Å². The van der Waals surface area contributed by atoms with Crippen LogP contribution in [0.2, 0.25) is 0 Å². The van der Waals surface area contributed by atoms with E-state index in [0.717, 1.165) is 11.4 Å². The van der Waals surface area contributed by atoms with Crippen molar-refractivity contribution in [2.45, 2.75) is 13.0 Å². The zero-order valence-electron chi connectivity index (χ0n) is 12.0. The second-order valence-corrected chi connectivity index (χ2v) is 5.09. The fourth-order valence-electron chi connectivity index (χ4n) is 2.31. The number of aryl methyl sites for hydroxylation is 1. The molecular weight excluding hydrogens is 270 g/mol. The van der Waals surface area contributed by atoms with Gasteiger partial charge in [-0.05, 0) is 19.1 Å². The van der Waals surface area contributed by atoms with Crippen molar-refractivity contribution in [3.8, 4) is 11.5 Å². The van der Waals surface area contributed by atoms with Crippen molar-refractivity contribution in [1.82, 2.24) is 15.1 Å². The third-order valence-corrected chi connectivity index (χ3v) is 3.45. The molecule has 0 spiro atoms. The number of fused-ring (bicyclic) bond motifs is 1. The second-order valence-electron chi connectivity index (χ2n) is 5.09. The van der Waals surface area contributed by atoms with Crippen LogP contribution in [0.4, 0.5) is 0 Å². The molecule has 21 heavy (non-hydrogen) atoms. The molecule has 2 aromatic rings. The van der Waals surface area contributed by atoms with Gasteiger partial charge in [-0.3, -0.25) is 9.89 Å². The molecule has 0 aliphatic carbocycles. The Labute approximate surface area is 122 Å². The van der Waals surface area contributed by atoms with Crippen LogP contribution in [0.1, 0.15) is 16.1 Å². The summed E-state index contributed by atoms with van der Waals surface area (Å²) in [7, 11) is 1.75. The first-order valence-electron chi connectivity index (χ1n) is 6.79. The fraction of sp³-hybridized carbons (Fsp3) is 0.333. The van der Waals surface area contributed by atoms with E-state index < -0.39 is 0 Å². The zero-order chi connectivity index (χ0) is 14.8. The highest BCUT2D eigenvalue weighted by Gasteiger charge is 2.25. The van der Waals surface area contributed by atoms with Crippen LogP contribution in [-0.2, 0) is 0 Å². The van der Waals surface area contributed by atoms with E-state index in [1.165, 1.54) is 0 Å². The van der Waals surface area contributed by atoms with Gasteiger partial charge in [0, 0.05) is 12.7 Å². The first-order chi connectivity index (χ1) is 10.1. The molecule has 1 aliphatic rings. The number of hydrogen-bond donors (Lipinski definition) is 1. The molecule has 0 saturated carbocycles. The van der Waals surface area contributed by atoms with Gasteiger partial charge in [0.25, 0.3) is 5.91 Å². The lowest BCUT2D eigenvalue weighted by Crippen LogP contribution is -2.41. The molecular formula is C15H17N3O3. The van der Waals surface area contributed by atoms with Crippen molar-refractivity contribution in [3.05, 3.63) is 41.7 Å². The minimum atomic E-state index is -0.180. The van der Waals surface area contributed by atoms with Crippen molar-refractivity contribution in [1.29, 1.82) is 0 Å². The summed E-state index contributed by atoms with van der Waals surface area (Å²) in [5.41, 5.74) is 1.34. The van der Waals surface area contributed by atoms with Crippen LogP contribution in [0.3, 0.4) is 0 Å². The fourth-order valence-corrected chi connectivity index (χ4v) is 2.31. The van der Waals surface area contributed by atoms with Gasteiger partial charge >= 0.3 is 0 Å². The highest BCUT2D eigenvalue weighted by molar-refractivity contribution is 5.94. The van der Waals surface area contributed by atoms with Crippen molar-refractivity contribution >= 4 is 5.91 Å². The van der Waals surface area contributed by atoms with Crippen LogP contribution < -0.4 is 9.47 Å². The lowest BCUT2D eigenvalue weighted by atomic mass is 10.2. The largest absolute Gasteiger partial charge is 0.486 e. The smallest absolute Gasteiger partial charge is 0.257 e. The van der Waals surface area contributed by atoms with E-state index in [4.69, 9.17) is 9.47 Å². The molecule has 1 atom stereocenters. The van der Waals surface area contributed by atoms with Crippen LogP contribution >= 0.6 is 0 Å². The van der Waals surface area contributed by atoms with Gasteiger partial charge in [0.1, 0.15) is 6.61 Å². The minimum Gasteiger partial charge on any atom is -0.486 e. The second kappa shape index (κ2) is 5.47. The van der Waals surface area contributed by atoms with E-state index >= 15 is 0 Å². The summed E-state index contributed by atoms with van der Waals surface area (Å²) < 4.78 is 11.5. The van der Waals surface area contributed by atoms with Gasteiger partial charge < -0.3 is 14.4 Å². The van der Waals surface area contributed by atoms with Crippen molar-refractivity contribution in [2.24, 2.45) is 0 Å². The highest BCUT2D eigenvalue weighted by atomic mass is 16.6. The number of ether oxygens (including phenoxy) is 2. The molecule has 6 heteroatoms. The number of carbonyl (C=O) groups excluding carboxylic acids is 1. The Kier molecular flexibility index (Phi) is 3.51. The number of rotatable bonds is 3. The Morgan fingerprint density at radius 2 is 2.19 bits per heavy atom. The SMILES string of the molecule is Cc1[nH]ncc1C(=O)N(C)CC1COc2ccccc2O1. The first-order valence-corrected chi connectivity index (χ1v) is 6.79. The number of likely N-dealkylation sites (N-methyl/N-ethyl adjacent to an activating group) is 1. The van der Waals surface area contributed by atoms with Gasteiger partial charge in [0.05, 0.1) is 18.3 Å². The minimum absolute atomic E-state index is 0.0799. The van der Waals surface area contributed by atoms with E-state index in [1.54, 1.807) is 18.1 Å². The molecule has 6 nitrogen and oxygen atoms in total. The molecule has 110 valence electrons. The maximum Gasteiger partial charge on any atom is 0.257 e. The number of nitrogens with one attached hydrogen (secondary N) is 1. The third kappa shape index (κ3) is 2.69. The van der Waals surface area contributed by atoms with Crippen LogP contribution in [0.25, 0.3) is 0 Å².